The molecule has 0 saturated heterocycles. The Morgan fingerprint density at radius 3 is 2.50 bits per heavy atom. The summed E-state index contributed by atoms with van der Waals surface area (Å²) in [5, 5.41) is 12.8. The standard InChI is InChI=1S/C22H23N5O4S/c1-15-4-9-19(16(2)14-15)32(28,29)23-12-13-31-21-11-10-20-24-25-22(27(20)26-21)17-5-7-18(30-3)8-6-17/h4-11,14,23H,12-13H2,1-3H3. The van der Waals surface area contributed by atoms with Crippen LogP contribution in [0.4, 0.5) is 0 Å². The molecule has 4 aromatic rings. The number of fused-ring (bicyclic) bond motifs is 1. The van der Waals surface area contributed by atoms with Crippen LogP contribution in [-0.4, -0.2) is 48.5 Å². The molecular formula is C22H23N5O4S. The molecule has 9 nitrogen and oxygen atoms in total. The van der Waals surface area contributed by atoms with E-state index >= 15 is 0 Å². The molecule has 2 heterocycles. The molecule has 0 fully saturated rings. The fourth-order valence-corrected chi connectivity index (χ4v) is 4.52. The number of aryl methyl sites for hydroxylation is 2. The van der Waals surface area contributed by atoms with Gasteiger partial charge in [0.05, 0.1) is 12.0 Å². The van der Waals surface area contributed by atoms with Crippen LogP contribution in [-0.2, 0) is 10.0 Å². The lowest BCUT2D eigenvalue weighted by atomic mass is 10.2. The van der Waals surface area contributed by atoms with Gasteiger partial charge in [-0.2, -0.15) is 4.52 Å². The lowest BCUT2D eigenvalue weighted by Crippen LogP contribution is -2.29. The highest BCUT2D eigenvalue weighted by molar-refractivity contribution is 7.89. The van der Waals surface area contributed by atoms with Crippen molar-refractivity contribution in [1.82, 2.24) is 24.5 Å². The summed E-state index contributed by atoms with van der Waals surface area (Å²) in [5.41, 5.74) is 3.10. The fraction of sp³-hybridized carbons (Fsp3) is 0.227. The van der Waals surface area contributed by atoms with E-state index in [1.54, 1.807) is 42.8 Å². The average molecular weight is 454 g/mol. The van der Waals surface area contributed by atoms with Crippen molar-refractivity contribution in [2.45, 2.75) is 18.7 Å². The number of nitrogens with one attached hydrogen (secondary N) is 1. The van der Waals surface area contributed by atoms with Gasteiger partial charge in [-0.3, -0.25) is 0 Å². The molecule has 2 aromatic carbocycles. The van der Waals surface area contributed by atoms with Gasteiger partial charge in [-0.15, -0.1) is 15.3 Å². The maximum Gasteiger partial charge on any atom is 0.240 e. The average Bonchev–Trinajstić information content (AvgIpc) is 3.20. The van der Waals surface area contributed by atoms with Gasteiger partial charge in [0.15, 0.2) is 11.5 Å². The van der Waals surface area contributed by atoms with Gasteiger partial charge < -0.3 is 9.47 Å². The zero-order valence-electron chi connectivity index (χ0n) is 17.9. The monoisotopic (exact) mass is 453 g/mol. The van der Waals surface area contributed by atoms with Crippen molar-refractivity contribution in [2.75, 3.05) is 20.3 Å². The van der Waals surface area contributed by atoms with E-state index in [1.165, 1.54) is 0 Å². The molecule has 0 saturated carbocycles. The van der Waals surface area contributed by atoms with Gasteiger partial charge in [0.2, 0.25) is 15.9 Å². The number of hydrogen-bond acceptors (Lipinski definition) is 7. The largest absolute Gasteiger partial charge is 0.497 e. The molecule has 0 radical (unpaired) electrons. The molecule has 10 heteroatoms. The van der Waals surface area contributed by atoms with Crippen LogP contribution in [0.1, 0.15) is 11.1 Å². The summed E-state index contributed by atoms with van der Waals surface area (Å²) in [6.07, 6.45) is 0. The first-order valence-electron chi connectivity index (χ1n) is 9.94. The van der Waals surface area contributed by atoms with Gasteiger partial charge in [-0.1, -0.05) is 17.7 Å². The van der Waals surface area contributed by atoms with Crippen LogP contribution in [0.15, 0.2) is 59.5 Å². The second-order valence-corrected chi connectivity index (χ2v) is 8.94. The lowest BCUT2D eigenvalue weighted by molar-refractivity contribution is 0.306. The van der Waals surface area contributed by atoms with Crippen LogP contribution in [0, 0.1) is 13.8 Å². The number of benzene rings is 2. The second kappa shape index (κ2) is 8.93. The van der Waals surface area contributed by atoms with Gasteiger partial charge in [0.1, 0.15) is 12.4 Å². The Labute approximate surface area is 186 Å². The summed E-state index contributed by atoms with van der Waals surface area (Å²) in [4.78, 5) is 0.260. The molecule has 0 aliphatic rings. The van der Waals surface area contributed by atoms with Crippen LogP contribution in [0.2, 0.25) is 0 Å². The Bertz CT molecular complexity index is 1350. The van der Waals surface area contributed by atoms with Crippen molar-refractivity contribution in [2.24, 2.45) is 0 Å². The summed E-state index contributed by atoms with van der Waals surface area (Å²) in [6, 6.07) is 16.0. The van der Waals surface area contributed by atoms with Crippen molar-refractivity contribution < 1.29 is 17.9 Å². The van der Waals surface area contributed by atoms with E-state index in [0.29, 0.717) is 22.9 Å². The van der Waals surface area contributed by atoms with Gasteiger partial charge in [0, 0.05) is 18.2 Å². The quantitative estimate of drug-likeness (QED) is 0.409. The molecule has 0 aliphatic carbocycles. The number of hydrogen-bond donors (Lipinski definition) is 1. The molecule has 1 N–H and O–H groups in total. The third-order valence-corrected chi connectivity index (χ3v) is 6.47. The van der Waals surface area contributed by atoms with Crippen molar-refractivity contribution in [3.05, 3.63) is 65.7 Å². The topological polar surface area (TPSA) is 108 Å². The first-order valence-corrected chi connectivity index (χ1v) is 11.4. The first kappa shape index (κ1) is 21.7. The van der Waals surface area contributed by atoms with E-state index in [1.807, 2.05) is 37.3 Å². The summed E-state index contributed by atoms with van der Waals surface area (Å²) in [6.45, 7) is 3.91. The van der Waals surface area contributed by atoms with Crippen LogP contribution in [0.5, 0.6) is 11.6 Å². The Hall–Kier alpha value is -3.50. The minimum Gasteiger partial charge on any atom is -0.497 e. The lowest BCUT2D eigenvalue weighted by Gasteiger charge is -2.10. The number of methoxy groups -OCH3 is 1. The Morgan fingerprint density at radius 1 is 1.00 bits per heavy atom. The van der Waals surface area contributed by atoms with E-state index in [0.717, 1.165) is 16.9 Å². The Balaban J connectivity index is 1.43. The van der Waals surface area contributed by atoms with Gasteiger partial charge in [0.25, 0.3) is 0 Å². The van der Waals surface area contributed by atoms with Gasteiger partial charge >= 0.3 is 0 Å². The zero-order valence-corrected chi connectivity index (χ0v) is 18.8. The molecule has 0 amide bonds. The maximum absolute atomic E-state index is 12.6. The van der Waals surface area contributed by atoms with Crippen molar-refractivity contribution in [3.63, 3.8) is 0 Å². The van der Waals surface area contributed by atoms with Crippen LogP contribution < -0.4 is 14.2 Å². The van der Waals surface area contributed by atoms with Gasteiger partial charge in [-0.25, -0.2) is 13.1 Å². The smallest absolute Gasteiger partial charge is 0.240 e. The molecule has 0 unspecified atom stereocenters. The minimum absolute atomic E-state index is 0.100. The van der Waals surface area contributed by atoms with Crippen LogP contribution in [0.3, 0.4) is 0 Å². The Morgan fingerprint density at radius 2 is 1.78 bits per heavy atom. The van der Waals surface area contributed by atoms with Crippen molar-refractivity contribution in [1.29, 1.82) is 0 Å². The van der Waals surface area contributed by atoms with E-state index in [2.05, 4.69) is 20.0 Å². The van der Waals surface area contributed by atoms with Crippen molar-refractivity contribution in [3.8, 4) is 23.0 Å². The summed E-state index contributed by atoms with van der Waals surface area (Å²) in [7, 11) is -2.02. The van der Waals surface area contributed by atoms with Crippen LogP contribution >= 0.6 is 0 Å². The van der Waals surface area contributed by atoms with E-state index in [4.69, 9.17) is 9.47 Å². The molecular weight excluding hydrogens is 430 g/mol. The number of sulfonamides is 1. The highest BCUT2D eigenvalue weighted by Crippen LogP contribution is 2.22. The fourth-order valence-electron chi connectivity index (χ4n) is 3.28. The predicted octanol–water partition coefficient (Wildman–Crippen LogP) is 2.77. The number of nitrogens with zero attached hydrogens (tertiary/aromatic N) is 4. The SMILES string of the molecule is COc1ccc(-c2nnc3ccc(OCCNS(=O)(=O)c4ccc(C)cc4C)nn23)cc1. The molecule has 166 valence electrons. The first-order chi connectivity index (χ1) is 15.4. The third kappa shape index (κ3) is 4.56. The van der Waals surface area contributed by atoms with Crippen LogP contribution in [0.25, 0.3) is 17.0 Å². The van der Waals surface area contributed by atoms with Crippen molar-refractivity contribution >= 4 is 15.7 Å². The Kier molecular flexibility index (Phi) is 6.06. The summed E-state index contributed by atoms with van der Waals surface area (Å²) >= 11 is 0. The molecule has 0 spiro atoms. The number of rotatable bonds is 8. The number of aromatic nitrogens is 4. The number of ether oxygens (including phenoxy) is 2. The normalized spacial score (nSPS) is 11.6. The summed E-state index contributed by atoms with van der Waals surface area (Å²) in [5.74, 6) is 1.63. The molecule has 32 heavy (non-hydrogen) atoms. The molecule has 0 aliphatic heterocycles. The van der Waals surface area contributed by atoms with E-state index < -0.39 is 10.0 Å². The molecule has 2 aromatic heterocycles. The molecule has 4 rings (SSSR count). The maximum atomic E-state index is 12.6. The molecule has 0 bridgehead atoms. The van der Waals surface area contributed by atoms with E-state index in [-0.39, 0.29) is 18.0 Å². The second-order valence-electron chi connectivity index (χ2n) is 7.21. The van der Waals surface area contributed by atoms with E-state index in [9.17, 15) is 8.42 Å². The summed E-state index contributed by atoms with van der Waals surface area (Å²) < 4.78 is 40.1. The third-order valence-electron chi connectivity index (χ3n) is 4.85. The highest BCUT2D eigenvalue weighted by atomic mass is 32.2. The predicted molar refractivity (Wildman–Crippen MR) is 119 cm³/mol. The molecule has 0 atom stereocenters. The minimum atomic E-state index is -3.62. The van der Waals surface area contributed by atoms with Gasteiger partial charge in [-0.05, 0) is 55.8 Å². The zero-order chi connectivity index (χ0) is 22.7. The highest BCUT2D eigenvalue weighted by Gasteiger charge is 2.16.